The minimum Gasteiger partial charge on any atom is -0.323 e. The smallest absolute Gasteiger partial charge is 0.134 e. The highest BCUT2D eigenvalue weighted by atomic mass is 28.3. The van der Waals surface area contributed by atoms with Crippen molar-refractivity contribution in [1.29, 1.82) is 0 Å². The summed E-state index contributed by atoms with van der Waals surface area (Å²) in [4.78, 5) is 0. The van der Waals surface area contributed by atoms with Crippen LogP contribution in [0.4, 0.5) is 0 Å². The molecule has 2 aromatic rings. The molecule has 0 amide bonds. The van der Waals surface area contributed by atoms with E-state index in [1.807, 2.05) is 0 Å². The highest BCUT2D eigenvalue weighted by Gasteiger charge is 2.45. The molecule has 0 N–H and O–H groups in total. The van der Waals surface area contributed by atoms with Crippen LogP contribution in [0, 0.1) is 0 Å². The normalized spacial score (nSPS) is 18.8. The van der Waals surface area contributed by atoms with Crippen LogP contribution in [0.2, 0.25) is 13.1 Å². The molecule has 0 saturated carbocycles. The highest BCUT2D eigenvalue weighted by molar-refractivity contribution is 6.77. The number of nitrogens with zero attached hydrogens (tertiary/aromatic N) is 1. The van der Waals surface area contributed by atoms with Crippen LogP contribution in [0.1, 0.15) is 29.5 Å². The molecule has 0 unspecified atom stereocenters. The second-order valence-corrected chi connectivity index (χ2v) is 11.5. The van der Waals surface area contributed by atoms with Gasteiger partial charge in [0.25, 0.3) is 0 Å². The molecule has 0 bridgehead atoms. The first-order chi connectivity index (χ1) is 10.2. The van der Waals surface area contributed by atoms with Gasteiger partial charge in [0, 0.05) is 5.54 Å². The van der Waals surface area contributed by atoms with E-state index in [1.54, 1.807) is 11.1 Å². The summed E-state index contributed by atoms with van der Waals surface area (Å²) >= 11 is 0. The maximum Gasteiger partial charge on any atom is 0.134 e. The van der Waals surface area contributed by atoms with Crippen LogP contribution in [0.15, 0.2) is 48.5 Å². The van der Waals surface area contributed by atoms with Crippen LogP contribution in [-0.2, 0) is 0 Å². The lowest BCUT2D eigenvalue weighted by Crippen LogP contribution is -2.52. The molecule has 2 heteroatoms. The Morgan fingerprint density at radius 1 is 0.810 bits per heavy atom. The second-order valence-electron chi connectivity index (χ2n) is 6.96. The lowest BCUT2D eigenvalue weighted by molar-refractivity contribution is 0.511. The predicted octanol–water partition coefficient (Wildman–Crippen LogP) is 4.64. The monoisotopic (exact) mass is 293 g/mol. The summed E-state index contributed by atoms with van der Waals surface area (Å²) in [5.74, 6) is 0. The minimum absolute atomic E-state index is 0.628. The molecule has 1 heterocycles. The standard InChI is InChI=1S/C19H23NSi/c1-21(2,20-13-7-8-14-20)19-17-11-5-3-9-15(17)16-10-4-6-12-18(16)19/h3-6,9-12,19H,7-8,13-14H2,1-2H3. The Morgan fingerprint density at radius 3 is 1.81 bits per heavy atom. The van der Waals surface area contributed by atoms with Crippen LogP contribution >= 0.6 is 0 Å². The third-order valence-corrected chi connectivity index (χ3v) is 9.57. The highest BCUT2D eigenvalue weighted by Crippen LogP contribution is 2.49. The Kier molecular flexibility index (Phi) is 3.05. The van der Waals surface area contributed by atoms with E-state index in [1.165, 1.54) is 37.1 Å². The topological polar surface area (TPSA) is 3.24 Å². The van der Waals surface area contributed by atoms with Gasteiger partial charge in [0.15, 0.2) is 0 Å². The summed E-state index contributed by atoms with van der Waals surface area (Å²) in [6, 6.07) is 18.1. The molecule has 0 spiro atoms. The zero-order valence-electron chi connectivity index (χ0n) is 13.0. The third kappa shape index (κ3) is 1.93. The molecule has 1 aliphatic heterocycles. The Hall–Kier alpha value is -1.38. The average Bonchev–Trinajstić information content (AvgIpc) is 3.14. The van der Waals surface area contributed by atoms with Crippen molar-refractivity contribution in [1.82, 2.24) is 4.57 Å². The molecule has 1 aliphatic carbocycles. The Morgan fingerprint density at radius 2 is 1.29 bits per heavy atom. The Balaban J connectivity index is 1.88. The van der Waals surface area contributed by atoms with Crippen molar-refractivity contribution >= 4 is 8.24 Å². The van der Waals surface area contributed by atoms with Crippen LogP contribution in [0.5, 0.6) is 0 Å². The third-order valence-electron chi connectivity index (χ3n) is 5.46. The zero-order valence-corrected chi connectivity index (χ0v) is 14.0. The Labute approximate surface area is 128 Å². The second kappa shape index (κ2) is 4.82. The summed E-state index contributed by atoms with van der Waals surface area (Å²) in [7, 11) is -1.51. The van der Waals surface area contributed by atoms with Crippen molar-refractivity contribution in [3.63, 3.8) is 0 Å². The van der Waals surface area contributed by atoms with E-state index in [-0.39, 0.29) is 0 Å². The predicted molar refractivity (Wildman–Crippen MR) is 92.0 cm³/mol. The first-order valence-corrected chi connectivity index (χ1v) is 11.2. The average molecular weight is 293 g/mol. The molecular formula is C19H23NSi. The van der Waals surface area contributed by atoms with Crippen molar-refractivity contribution in [2.24, 2.45) is 0 Å². The summed E-state index contributed by atoms with van der Waals surface area (Å²) in [6.45, 7) is 7.75. The molecule has 0 radical (unpaired) electrons. The largest absolute Gasteiger partial charge is 0.323 e. The van der Waals surface area contributed by atoms with Gasteiger partial charge >= 0.3 is 0 Å². The molecule has 21 heavy (non-hydrogen) atoms. The molecule has 2 aromatic carbocycles. The fourth-order valence-corrected chi connectivity index (χ4v) is 8.25. The first-order valence-electron chi connectivity index (χ1n) is 8.13. The van der Waals surface area contributed by atoms with Crippen molar-refractivity contribution in [3.05, 3.63) is 59.7 Å². The number of fused-ring (bicyclic) bond motifs is 3. The molecule has 1 saturated heterocycles. The van der Waals surface area contributed by atoms with Gasteiger partial charge in [-0.15, -0.1) is 0 Å². The summed E-state index contributed by atoms with van der Waals surface area (Å²) in [5.41, 5.74) is 6.71. The minimum atomic E-state index is -1.51. The number of benzene rings is 2. The molecule has 4 rings (SSSR count). The maximum atomic E-state index is 2.83. The van der Waals surface area contributed by atoms with Gasteiger partial charge in [-0.1, -0.05) is 61.6 Å². The van der Waals surface area contributed by atoms with Crippen LogP contribution in [-0.4, -0.2) is 25.9 Å². The summed E-state index contributed by atoms with van der Waals surface area (Å²) < 4.78 is 2.83. The van der Waals surface area contributed by atoms with E-state index in [2.05, 4.69) is 66.2 Å². The molecule has 108 valence electrons. The van der Waals surface area contributed by atoms with Crippen molar-refractivity contribution in [2.45, 2.75) is 31.5 Å². The number of hydrogen-bond donors (Lipinski definition) is 0. The van der Waals surface area contributed by atoms with Gasteiger partial charge < -0.3 is 4.57 Å². The van der Waals surface area contributed by atoms with E-state index in [0.29, 0.717) is 5.54 Å². The van der Waals surface area contributed by atoms with Gasteiger partial charge in [0.2, 0.25) is 0 Å². The number of hydrogen-bond acceptors (Lipinski definition) is 1. The molecule has 1 nitrogen and oxygen atoms in total. The lowest BCUT2D eigenvalue weighted by Gasteiger charge is -2.39. The molecule has 0 atom stereocenters. The van der Waals surface area contributed by atoms with E-state index < -0.39 is 8.24 Å². The van der Waals surface area contributed by atoms with E-state index >= 15 is 0 Å². The fourth-order valence-electron chi connectivity index (χ4n) is 4.39. The quantitative estimate of drug-likeness (QED) is 0.729. The van der Waals surface area contributed by atoms with Gasteiger partial charge in [-0.05, 0) is 48.2 Å². The van der Waals surface area contributed by atoms with Crippen molar-refractivity contribution in [3.8, 4) is 11.1 Å². The number of rotatable bonds is 2. The lowest BCUT2D eigenvalue weighted by atomic mass is 10.1. The van der Waals surface area contributed by atoms with Gasteiger partial charge in [-0.25, -0.2) is 0 Å². The maximum absolute atomic E-state index is 2.83. The van der Waals surface area contributed by atoms with Crippen LogP contribution in [0.3, 0.4) is 0 Å². The molecule has 1 fully saturated rings. The fraction of sp³-hybridized carbons (Fsp3) is 0.368. The van der Waals surface area contributed by atoms with Crippen LogP contribution < -0.4 is 0 Å². The van der Waals surface area contributed by atoms with Gasteiger partial charge in [-0.2, -0.15) is 0 Å². The SMILES string of the molecule is C[Si](C)(C1c2ccccc2-c2ccccc21)N1CCCC1. The molecule has 0 aromatic heterocycles. The van der Waals surface area contributed by atoms with E-state index in [4.69, 9.17) is 0 Å². The van der Waals surface area contributed by atoms with Gasteiger partial charge in [-0.3, -0.25) is 0 Å². The van der Waals surface area contributed by atoms with E-state index in [0.717, 1.165) is 0 Å². The van der Waals surface area contributed by atoms with Crippen molar-refractivity contribution in [2.75, 3.05) is 13.1 Å². The molecular weight excluding hydrogens is 270 g/mol. The molecule has 2 aliphatic rings. The van der Waals surface area contributed by atoms with Gasteiger partial charge in [0.05, 0.1) is 0 Å². The van der Waals surface area contributed by atoms with Gasteiger partial charge in [0.1, 0.15) is 8.24 Å². The zero-order chi connectivity index (χ0) is 14.4. The summed E-state index contributed by atoms with van der Waals surface area (Å²) in [6.07, 6.45) is 2.76. The Bertz CT molecular complexity index is 625. The van der Waals surface area contributed by atoms with E-state index in [9.17, 15) is 0 Å². The first kappa shape index (κ1) is 13.3. The summed E-state index contributed by atoms with van der Waals surface area (Å²) in [5, 5.41) is 0. The van der Waals surface area contributed by atoms with Crippen molar-refractivity contribution < 1.29 is 0 Å². The van der Waals surface area contributed by atoms with Crippen LogP contribution in [0.25, 0.3) is 11.1 Å².